The number of aromatic nitrogens is 1. The maximum Gasteiger partial charge on any atom is 0.140 e. The van der Waals surface area contributed by atoms with Crippen LogP contribution in [-0.2, 0) is 11.4 Å². The Hall–Kier alpha value is -0.290. The third kappa shape index (κ3) is 4.84. The van der Waals surface area contributed by atoms with Gasteiger partial charge < -0.3 is 4.55 Å². The molecule has 17 heavy (non-hydrogen) atoms. The van der Waals surface area contributed by atoms with Gasteiger partial charge in [-0.15, -0.1) is 0 Å². The second-order valence-corrected chi connectivity index (χ2v) is 5.51. The Labute approximate surface area is 115 Å². The zero-order valence-corrected chi connectivity index (χ0v) is 12.1. The molecule has 0 saturated carbocycles. The van der Waals surface area contributed by atoms with E-state index in [2.05, 4.69) is 9.38 Å². The number of unbranched alkanes of at least 4 members (excludes halogenated alkanes) is 1. The summed E-state index contributed by atoms with van der Waals surface area (Å²) in [6, 6.07) is 3.37. The van der Waals surface area contributed by atoms with Crippen LogP contribution in [0.25, 0.3) is 0 Å². The van der Waals surface area contributed by atoms with E-state index in [4.69, 9.17) is 23.2 Å². The van der Waals surface area contributed by atoms with Crippen LogP contribution < -0.4 is 0 Å². The molecule has 1 rings (SSSR count). The Morgan fingerprint density at radius 1 is 1.47 bits per heavy atom. The van der Waals surface area contributed by atoms with Crippen LogP contribution in [0.3, 0.4) is 0 Å². The van der Waals surface area contributed by atoms with Crippen molar-refractivity contribution < 1.29 is 4.55 Å². The molecule has 0 radical (unpaired) electrons. The van der Waals surface area contributed by atoms with Crippen molar-refractivity contribution in [2.45, 2.75) is 26.7 Å². The lowest BCUT2D eigenvalue weighted by Gasteiger charge is -2.06. The van der Waals surface area contributed by atoms with E-state index in [1.54, 1.807) is 19.1 Å². The SMILES string of the molecule is CCCC[S+]([O-])/N=C(\C)c1ccc(Cl)nc1Cl. The lowest BCUT2D eigenvalue weighted by Crippen LogP contribution is -2.07. The molecule has 6 heteroatoms. The predicted octanol–water partition coefficient (Wildman–Crippen LogP) is 3.66. The molecule has 0 bridgehead atoms. The van der Waals surface area contributed by atoms with Gasteiger partial charge in [-0.2, -0.15) is 0 Å². The van der Waals surface area contributed by atoms with E-state index >= 15 is 0 Å². The van der Waals surface area contributed by atoms with Gasteiger partial charge in [0.2, 0.25) is 0 Å². The minimum atomic E-state index is -1.20. The summed E-state index contributed by atoms with van der Waals surface area (Å²) >= 11 is 10.4. The maximum atomic E-state index is 11.6. The van der Waals surface area contributed by atoms with Crippen molar-refractivity contribution >= 4 is 40.3 Å². The van der Waals surface area contributed by atoms with Crippen molar-refractivity contribution in [2.24, 2.45) is 4.40 Å². The third-order valence-electron chi connectivity index (χ3n) is 2.12. The summed E-state index contributed by atoms with van der Waals surface area (Å²) in [6.07, 6.45) is 1.90. The van der Waals surface area contributed by atoms with Gasteiger partial charge in [0.25, 0.3) is 0 Å². The summed E-state index contributed by atoms with van der Waals surface area (Å²) < 4.78 is 15.7. The quantitative estimate of drug-likeness (QED) is 0.472. The second kappa shape index (κ2) is 7.21. The molecule has 94 valence electrons. The first-order chi connectivity index (χ1) is 8.04. The molecule has 0 spiro atoms. The van der Waals surface area contributed by atoms with Crippen LogP contribution >= 0.6 is 23.2 Å². The fourth-order valence-corrected chi connectivity index (χ4v) is 2.71. The minimum Gasteiger partial charge on any atom is -0.591 e. The van der Waals surface area contributed by atoms with Crippen LogP contribution in [0.2, 0.25) is 10.3 Å². The number of rotatable bonds is 5. The average Bonchev–Trinajstić information content (AvgIpc) is 2.26. The zero-order chi connectivity index (χ0) is 12.8. The van der Waals surface area contributed by atoms with Gasteiger partial charge in [0.15, 0.2) is 0 Å². The van der Waals surface area contributed by atoms with Gasteiger partial charge in [-0.3, -0.25) is 0 Å². The molecule has 1 aromatic heterocycles. The first-order valence-corrected chi connectivity index (χ1v) is 7.34. The van der Waals surface area contributed by atoms with Gasteiger partial charge in [0.1, 0.15) is 16.1 Å². The standard InChI is InChI=1S/C11H14Cl2N2OS/c1-3-4-7-17(16)15-8(2)9-5-6-10(12)14-11(9)13/h5-6H,3-4,7H2,1-2H3/b15-8+. The average molecular weight is 293 g/mol. The molecular weight excluding hydrogens is 279 g/mol. The number of halogens is 2. The Kier molecular flexibility index (Phi) is 6.27. The molecule has 1 heterocycles. The normalized spacial score (nSPS) is 13.8. The molecule has 0 aliphatic carbocycles. The number of nitrogens with zero attached hydrogens (tertiary/aromatic N) is 2. The van der Waals surface area contributed by atoms with E-state index in [9.17, 15) is 4.55 Å². The number of pyridine rings is 1. The molecular formula is C11H14Cl2N2OS. The van der Waals surface area contributed by atoms with Gasteiger partial charge in [-0.05, 0) is 25.5 Å². The van der Waals surface area contributed by atoms with Gasteiger partial charge in [-0.1, -0.05) is 40.9 Å². The van der Waals surface area contributed by atoms with Gasteiger partial charge in [0.05, 0.1) is 17.1 Å². The lowest BCUT2D eigenvalue weighted by atomic mass is 10.2. The Morgan fingerprint density at radius 3 is 2.76 bits per heavy atom. The predicted molar refractivity (Wildman–Crippen MR) is 74.4 cm³/mol. The largest absolute Gasteiger partial charge is 0.591 e. The first-order valence-electron chi connectivity index (χ1n) is 5.30. The number of hydrogen-bond donors (Lipinski definition) is 0. The Balaban J connectivity index is 2.80. The Bertz CT molecular complexity index is 412. The van der Waals surface area contributed by atoms with E-state index in [-0.39, 0.29) is 5.15 Å². The van der Waals surface area contributed by atoms with Crippen molar-refractivity contribution in [3.05, 3.63) is 28.0 Å². The molecule has 0 N–H and O–H groups in total. The fourth-order valence-electron chi connectivity index (χ4n) is 1.20. The summed E-state index contributed by atoms with van der Waals surface area (Å²) in [5, 5.41) is 0.616. The molecule has 1 unspecified atom stereocenters. The molecule has 0 aliphatic heterocycles. The van der Waals surface area contributed by atoms with Crippen LogP contribution in [0.1, 0.15) is 32.3 Å². The van der Waals surface area contributed by atoms with Crippen molar-refractivity contribution in [1.82, 2.24) is 4.98 Å². The zero-order valence-electron chi connectivity index (χ0n) is 9.74. The Morgan fingerprint density at radius 2 is 2.18 bits per heavy atom. The second-order valence-electron chi connectivity index (χ2n) is 3.53. The van der Waals surface area contributed by atoms with Gasteiger partial charge in [-0.25, -0.2) is 4.98 Å². The molecule has 0 aliphatic rings. The van der Waals surface area contributed by atoms with E-state index < -0.39 is 11.4 Å². The molecule has 3 nitrogen and oxygen atoms in total. The number of hydrogen-bond acceptors (Lipinski definition) is 3. The highest BCUT2D eigenvalue weighted by atomic mass is 35.5. The summed E-state index contributed by atoms with van der Waals surface area (Å²) in [7, 11) is 0. The van der Waals surface area contributed by atoms with E-state index in [1.165, 1.54) is 0 Å². The van der Waals surface area contributed by atoms with Crippen molar-refractivity contribution in [3.8, 4) is 0 Å². The smallest absolute Gasteiger partial charge is 0.140 e. The van der Waals surface area contributed by atoms with E-state index in [1.807, 2.05) is 6.92 Å². The van der Waals surface area contributed by atoms with Crippen LogP contribution in [-0.4, -0.2) is 21.0 Å². The van der Waals surface area contributed by atoms with Crippen LogP contribution in [0.5, 0.6) is 0 Å². The summed E-state index contributed by atoms with van der Waals surface area (Å²) in [4.78, 5) is 3.92. The molecule has 0 saturated heterocycles. The molecule has 0 amide bonds. The topological polar surface area (TPSA) is 48.3 Å². The molecule has 0 aromatic carbocycles. The highest BCUT2D eigenvalue weighted by Crippen LogP contribution is 2.18. The summed E-state index contributed by atoms with van der Waals surface area (Å²) in [5.74, 6) is 0.576. The molecule has 0 fully saturated rings. The molecule has 1 aromatic rings. The summed E-state index contributed by atoms with van der Waals surface area (Å²) in [5.41, 5.74) is 1.29. The fraction of sp³-hybridized carbons (Fsp3) is 0.455. The van der Waals surface area contributed by atoms with E-state index in [0.717, 1.165) is 12.8 Å². The third-order valence-corrected chi connectivity index (χ3v) is 3.73. The van der Waals surface area contributed by atoms with Crippen molar-refractivity contribution in [2.75, 3.05) is 5.75 Å². The van der Waals surface area contributed by atoms with Crippen molar-refractivity contribution in [1.29, 1.82) is 0 Å². The van der Waals surface area contributed by atoms with Crippen LogP contribution in [0.15, 0.2) is 16.5 Å². The molecule has 1 atom stereocenters. The van der Waals surface area contributed by atoms with Gasteiger partial charge >= 0.3 is 0 Å². The lowest BCUT2D eigenvalue weighted by molar-refractivity contribution is 0.593. The van der Waals surface area contributed by atoms with E-state index in [0.29, 0.717) is 22.2 Å². The monoisotopic (exact) mass is 292 g/mol. The van der Waals surface area contributed by atoms with Gasteiger partial charge in [0, 0.05) is 5.56 Å². The van der Waals surface area contributed by atoms with Crippen LogP contribution in [0, 0.1) is 0 Å². The van der Waals surface area contributed by atoms with Crippen LogP contribution in [0.4, 0.5) is 0 Å². The van der Waals surface area contributed by atoms with Crippen molar-refractivity contribution in [3.63, 3.8) is 0 Å². The highest BCUT2D eigenvalue weighted by molar-refractivity contribution is 7.90. The minimum absolute atomic E-state index is 0.284. The maximum absolute atomic E-state index is 11.6. The highest BCUT2D eigenvalue weighted by Gasteiger charge is 2.10. The first kappa shape index (κ1) is 14.8. The summed E-state index contributed by atoms with van der Waals surface area (Å²) in [6.45, 7) is 3.81.